The fourth-order valence-electron chi connectivity index (χ4n) is 5.35. The molecule has 0 fully saturated rings. The number of nitrogen functional groups attached to an aromatic ring is 2. The molecule has 0 saturated heterocycles. The summed E-state index contributed by atoms with van der Waals surface area (Å²) in [5.74, 6) is -0.217. The zero-order valence-corrected chi connectivity index (χ0v) is 42.1. The maximum atomic E-state index is 12.3. The van der Waals surface area contributed by atoms with Crippen molar-refractivity contribution in [2.24, 2.45) is 5.73 Å². The Balaban J connectivity index is 0.000000525. The van der Waals surface area contributed by atoms with Crippen LogP contribution in [0.3, 0.4) is 0 Å². The number of benzene rings is 4. The highest BCUT2D eigenvalue weighted by Gasteiger charge is 2.11. The summed E-state index contributed by atoms with van der Waals surface area (Å²) in [5, 5.41) is 8.91. The molecule has 402 valence electrons. The molecule has 75 heavy (non-hydrogen) atoms. The van der Waals surface area contributed by atoms with Gasteiger partial charge in [0.05, 0.1) is 72.3 Å². The highest BCUT2D eigenvalue weighted by molar-refractivity contribution is 6.28. The summed E-state index contributed by atoms with van der Waals surface area (Å²) in [7, 11) is 9.95. The zero-order valence-electron chi connectivity index (χ0n) is 40.5. The topological polar surface area (TPSA) is 346 Å². The summed E-state index contributed by atoms with van der Waals surface area (Å²) in [5.41, 5.74) is 22.4. The van der Waals surface area contributed by atoms with Gasteiger partial charge in [0.1, 0.15) is 0 Å². The van der Waals surface area contributed by atoms with E-state index in [1.807, 2.05) is 48.5 Å². The molecule has 9 N–H and O–H groups in total. The Morgan fingerprint density at radius 1 is 0.493 bits per heavy atom. The van der Waals surface area contributed by atoms with Crippen molar-refractivity contribution in [3.05, 3.63) is 136 Å². The van der Waals surface area contributed by atoms with E-state index in [-0.39, 0.29) is 86.4 Å². The van der Waals surface area contributed by atoms with Gasteiger partial charge in [0.25, 0.3) is 5.91 Å². The minimum atomic E-state index is -0.369. The second kappa shape index (κ2) is 33.7. The van der Waals surface area contributed by atoms with Crippen LogP contribution in [0.5, 0.6) is 30.1 Å². The third kappa shape index (κ3) is 21.4. The first-order chi connectivity index (χ1) is 34.7. The Bertz CT molecular complexity index is 2800. The van der Waals surface area contributed by atoms with Crippen LogP contribution in [-0.2, 0) is 29.1 Å². The molecule has 0 radical (unpaired) electrons. The number of anilines is 5. The van der Waals surface area contributed by atoms with Crippen LogP contribution in [0.1, 0.15) is 62.6 Å². The fraction of sp³-hybridized carbons (Fsp3) is 0.250. The standard InChI is InChI=1S/C18H19N7O2.C14H16N4O4.C9H11NO2.C5H6ClN3O2.2CH4.ClH/c1-27-18-24-16(20)23-17(25-18)21-10-11-6-8-12(9-7-11)15(26)22-14-5-3-2-4-13(14)19;1-20-11(19)10-6-4-9(5-7-10)8-15-12-16-13(21-2)18-14(17-12)22-3;1-12-9(11)8-4-2-7(6-10)3-5-8;1-10-4-7-3(6)8-5(9-4)11-2;;;/h2-9H,10,19H2,1H3,(H,22,26)(H3,20,21,23,24,25);4-7H,8H2,1-3H3,(H,15,16,17,18);2-5H,6,10H2,1H3;1-2H3;2*1H4;1H. The molecule has 0 unspecified atom stereocenters. The first kappa shape index (κ1) is 64.1. The molecule has 1 amide bonds. The Morgan fingerprint density at radius 2 is 0.867 bits per heavy atom. The maximum absolute atomic E-state index is 12.3. The van der Waals surface area contributed by atoms with Gasteiger partial charge in [-0.2, -0.15) is 34.9 Å². The SMILES string of the molecule is C.C.COC(=O)c1ccc(CN)cc1.COC(=O)c1ccc(CNc2nc(OC)nc(OC)n2)cc1.COc1nc(Cl)nc(OC)n1.COc1nc(N)nc(NCc2ccc(C(=O)Nc3ccccc3N)cc2)n1.Cl. The highest BCUT2D eigenvalue weighted by Crippen LogP contribution is 2.19. The number of aromatic nitrogens is 9. The molecule has 0 saturated carbocycles. The number of amides is 1. The molecule has 0 bridgehead atoms. The van der Waals surface area contributed by atoms with Crippen molar-refractivity contribution in [3.63, 3.8) is 0 Å². The summed E-state index contributed by atoms with van der Waals surface area (Å²) in [6.07, 6.45) is 0. The van der Waals surface area contributed by atoms with Crippen LogP contribution in [0.25, 0.3) is 0 Å². The number of nitrogens with zero attached hydrogens (tertiary/aromatic N) is 9. The second-order valence-electron chi connectivity index (χ2n) is 13.7. The largest absolute Gasteiger partial charge is 0.467 e. The van der Waals surface area contributed by atoms with Crippen LogP contribution in [0.2, 0.25) is 5.28 Å². The van der Waals surface area contributed by atoms with Gasteiger partial charge in [-0.15, -0.1) is 22.4 Å². The number of para-hydroxylation sites is 2. The van der Waals surface area contributed by atoms with E-state index in [9.17, 15) is 14.4 Å². The zero-order chi connectivity index (χ0) is 52.4. The number of esters is 2. The predicted molar refractivity (Wildman–Crippen MR) is 286 cm³/mol. The number of hydrogen-bond donors (Lipinski definition) is 6. The monoisotopic (exact) mass is 1080 g/mol. The number of methoxy groups -OCH3 is 7. The molecule has 0 aliphatic rings. The van der Waals surface area contributed by atoms with E-state index in [0.29, 0.717) is 59.6 Å². The molecule has 0 aliphatic carbocycles. The van der Waals surface area contributed by atoms with Gasteiger partial charge in [-0.25, -0.2) is 9.59 Å². The summed E-state index contributed by atoms with van der Waals surface area (Å²) in [4.78, 5) is 69.5. The lowest BCUT2D eigenvalue weighted by atomic mass is 10.1. The Kier molecular flexibility index (Phi) is 28.8. The molecule has 7 rings (SSSR count). The van der Waals surface area contributed by atoms with Crippen LogP contribution in [0.15, 0.2) is 97.1 Å². The van der Waals surface area contributed by atoms with E-state index in [2.05, 4.69) is 70.3 Å². The van der Waals surface area contributed by atoms with Gasteiger partial charge in [-0.05, 0) is 76.8 Å². The van der Waals surface area contributed by atoms with Crippen LogP contribution in [-0.4, -0.2) is 112 Å². The summed E-state index contributed by atoms with van der Waals surface area (Å²) < 4.78 is 33.5. The Hall–Kier alpha value is -8.94. The summed E-state index contributed by atoms with van der Waals surface area (Å²) in [6.45, 7) is 1.40. The lowest BCUT2D eigenvalue weighted by Gasteiger charge is -2.09. The molecule has 0 atom stereocenters. The maximum Gasteiger partial charge on any atom is 0.337 e. The Morgan fingerprint density at radius 3 is 1.27 bits per heavy atom. The second-order valence-corrected chi connectivity index (χ2v) is 14.1. The first-order valence-corrected chi connectivity index (χ1v) is 21.3. The summed E-state index contributed by atoms with van der Waals surface area (Å²) in [6, 6.07) is 29.0. The molecular formula is C48H61Cl2N15O10. The van der Waals surface area contributed by atoms with Gasteiger partial charge in [0.15, 0.2) is 0 Å². The minimum Gasteiger partial charge on any atom is -0.467 e. The van der Waals surface area contributed by atoms with Crippen LogP contribution < -0.4 is 56.8 Å². The number of hydrogen-bond acceptors (Lipinski definition) is 24. The van der Waals surface area contributed by atoms with Gasteiger partial charge < -0.3 is 66.3 Å². The van der Waals surface area contributed by atoms with Gasteiger partial charge in [0.2, 0.25) is 23.1 Å². The highest BCUT2D eigenvalue weighted by atomic mass is 35.5. The number of carbonyl (C=O) groups is 3. The number of carbonyl (C=O) groups excluding carboxylic acids is 3. The minimum absolute atomic E-state index is 0. The molecule has 25 nitrogen and oxygen atoms in total. The van der Waals surface area contributed by atoms with Gasteiger partial charge >= 0.3 is 42.0 Å². The molecule has 3 aromatic heterocycles. The Labute approximate surface area is 445 Å². The lowest BCUT2D eigenvalue weighted by Crippen LogP contribution is -2.13. The van der Waals surface area contributed by atoms with Crippen molar-refractivity contribution in [1.29, 1.82) is 0 Å². The molecular weight excluding hydrogens is 1020 g/mol. The molecule has 4 aromatic carbocycles. The molecule has 0 spiro atoms. The quantitative estimate of drug-likeness (QED) is 0.0452. The van der Waals surface area contributed by atoms with Gasteiger partial charge in [0, 0.05) is 25.2 Å². The van der Waals surface area contributed by atoms with Gasteiger partial charge in [-0.3, -0.25) is 4.79 Å². The van der Waals surface area contributed by atoms with Crippen molar-refractivity contribution < 1.29 is 47.5 Å². The number of halogens is 2. The average Bonchev–Trinajstić information content (AvgIpc) is 3.42. The molecule has 0 aliphatic heterocycles. The summed E-state index contributed by atoms with van der Waals surface area (Å²) >= 11 is 5.49. The van der Waals surface area contributed by atoms with E-state index in [1.165, 1.54) is 49.8 Å². The molecule has 27 heteroatoms. The first-order valence-electron chi connectivity index (χ1n) is 20.9. The van der Waals surface area contributed by atoms with Crippen LogP contribution in [0.4, 0.5) is 29.2 Å². The third-order valence-electron chi connectivity index (χ3n) is 9.02. The van der Waals surface area contributed by atoms with Crippen molar-refractivity contribution in [2.45, 2.75) is 34.5 Å². The fourth-order valence-corrected chi connectivity index (χ4v) is 5.50. The average molecular weight is 1080 g/mol. The van der Waals surface area contributed by atoms with E-state index >= 15 is 0 Å². The van der Waals surface area contributed by atoms with E-state index in [4.69, 9.17) is 52.5 Å². The van der Waals surface area contributed by atoms with Crippen LogP contribution >= 0.6 is 24.0 Å². The van der Waals surface area contributed by atoms with Gasteiger partial charge in [-0.1, -0.05) is 63.4 Å². The molecule has 3 heterocycles. The smallest absolute Gasteiger partial charge is 0.337 e. The molecule has 7 aromatic rings. The van der Waals surface area contributed by atoms with E-state index in [1.54, 1.807) is 48.5 Å². The number of nitrogens with two attached hydrogens (primary N) is 3. The third-order valence-corrected chi connectivity index (χ3v) is 9.19. The van der Waals surface area contributed by atoms with Crippen LogP contribution in [0, 0.1) is 0 Å². The van der Waals surface area contributed by atoms with E-state index in [0.717, 1.165) is 16.7 Å². The van der Waals surface area contributed by atoms with Crippen molar-refractivity contribution in [1.82, 2.24) is 44.9 Å². The lowest BCUT2D eigenvalue weighted by molar-refractivity contribution is 0.0592. The van der Waals surface area contributed by atoms with E-state index < -0.39 is 0 Å². The predicted octanol–water partition coefficient (Wildman–Crippen LogP) is 6.36. The van der Waals surface area contributed by atoms with Crippen molar-refractivity contribution in [3.8, 4) is 30.1 Å². The van der Waals surface area contributed by atoms with Crippen molar-refractivity contribution >= 4 is 71.1 Å². The normalized spacial score (nSPS) is 9.51. The van der Waals surface area contributed by atoms with Crippen molar-refractivity contribution in [2.75, 3.05) is 77.2 Å². The number of rotatable bonds is 16. The number of ether oxygens (including phenoxy) is 7. The number of nitrogens with one attached hydrogen (secondary N) is 3.